The van der Waals surface area contributed by atoms with Gasteiger partial charge in [-0.15, -0.1) is 0 Å². The molecule has 1 aromatic carbocycles. The molecule has 0 aliphatic rings. The van der Waals surface area contributed by atoms with E-state index in [4.69, 9.17) is 0 Å². The largest absolute Gasteiger partial charge is 0.346 e. The van der Waals surface area contributed by atoms with Crippen molar-refractivity contribution in [3.8, 4) is 0 Å². The van der Waals surface area contributed by atoms with E-state index in [2.05, 4.69) is 27.0 Å². The number of amides is 1. The molecule has 2 aromatic heterocycles. The van der Waals surface area contributed by atoms with Crippen LogP contribution in [0.1, 0.15) is 0 Å². The van der Waals surface area contributed by atoms with Crippen molar-refractivity contribution in [2.24, 2.45) is 0 Å². The summed E-state index contributed by atoms with van der Waals surface area (Å²) in [5.41, 5.74) is 1.62. The predicted octanol–water partition coefficient (Wildman–Crippen LogP) is 2.00. The van der Waals surface area contributed by atoms with Crippen molar-refractivity contribution >= 4 is 22.5 Å². The number of hydrogen-bond acceptors (Lipinski definition) is 3. The van der Waals surface area contributed by atoms with Gasteiger partial charge in [0.05, 0.1) is 5.52 Å². The maximum Gasteiger partial charge on any atom is 0.250 e. The van der Waals surface area contributed by atoms with E-state index in [1.54, 1.807) is 18.3 Å². The number of benzene rings is 1. The van der Waals surface area contributed by atoms with E-state index >= 15 is 0 Å². The molecule has 2 heterocycles. The molecule has 0 spiro atoms. The normalized spacial score (nSPS) is 11.2. The van der Waals surface area contributed by atoms with Crippen LogP contribution in [0.2, 0.25) is 0 Å². The van der Waals surface area contributed by atoms with Gasteiger partial charge in [0.2, 0.25) is 5.91 Å². The van der Waals surface area contributed by atoms with Gasteiger partial charge >= 0.3 is 0 Å². The molecule has 0 unspecified atom stereocenters. The molecule has 25 heavy (non-hydrogen) atoms. The van der Waals surface area contributed by atoms with Crippen molar-refractivity contribution in [3.63, 3.8) is 0 Å². The minimum absolute atomic E-state index is 0.000643. The molecule has 0 radical (unpaired) electrons. The molecule has 0 aliphatic carbocycles. The van der Waals surface area contributed by atoms with Crippen LogP contribution in [0.3, 0.4) is 0 Å². The summed E-state index contributed by atoms with van der Waals surface area (Å²) in [6, 6.07) is 12.7. The number of pyridine rings is 1. The quantitative estimate of drug-likeness (QED) is 0.748. The fourth-order valence-electron chi connectivity index (χ4n) is 2.71. The van der Waals surface area contributed by atoms with E-state index in [1.165, 1.54) is 10.6 Å². The van der Waals surface area contributed by atoms with Crippen molar-refractivity contribution in [2.45, 2.75) is 13.1 Å². The third kappa shape index (κ3) is 4.16. The van der Waals surface area contributed by atoms with E-state index < -0.39 is 0 Å². The van der Waals surface area contributed by atoms with Crippen molar-refractivity contribution < 1.29 is 4.79 Å². The molecule has 0 fully saturated rings. The number of carbonyl (C=O) groups excluding carboxylic acids is 1. The van der Waals surface area contributed by atoms with E-state index in [1.807, 2.05) is 32.3 Å². The number of nitrogens with one attached hydrogen (secondary N) is 1. The number of nitrogens with zero attached hydrogens (tertiary/aromatic N) is 3. The van der Waals surface area contributed by atoms with Crippen molar-refractivity contribution in [1.29, 1.82) is 0 Å². The molecule has 0 atom stereocenters. The zero-order chi connectivity index (χ0) is 17.8. The molecule has 6 heteroatoms. The fraction of sp³-hybridized carbons (Fsp3) is 0.263. The van der Waals surface area contributed by atoms with Gasteiger partial charge in [-0.2, -0.15) is 0 Å². The molecular formula is C19H22N4O2. The van der Waals surface area contributed by atoms with Gasteiger partial charge in [0.25, 0.3) is 5.56 Å². The third-order valence-electron chi connectivity index (χ3n) is 4.06. The Morgan fingerprint density at radius 3 is 2.68 bits per heavy atom. The highest BCUT2D eigenvalue weighted by Gasteiger charge is 2.07. The number of carbonyl (C=O) groups is 1. The van der Waals surface area contributed by atoms with Gasteiger partial charge in [-0.05, 0) is 43.7 Å². The molecule has 3 rings (SSSR count). The molecule has 0 saturated heterocycles. The zero-order valence-corrected chi connectivity index (χ0v) is 14.5. The highest BCUT2D eigenvalue weighted by molar-refractivity contribution is 5.93. The lowest BCUT2D eigenvalue weighted by Gasteiger charge is -2.12. The molecule has 130 valence electrons. The summed E-state index contributed by atoms with van der Waals surface area (Å²) >= 11 is 0. The number of aromatic nitrogens is 2. The summed E-state index contributed by atoms with van der Waals surface area (Å²) in [6.07, 6.45) is 3.67. The van der Waals surface area contributed by atoms with Crippen LogP contribution in [0.5, 0.6) is 0 Å². The highest BCUT2D eigenvalue weighted by atomic mass is 16.2. The highest BCUT2D eigenvalue weighted by Crippen LogP contribution is 2.20. The van der Waals surface area contributed by atoms with E-state index in [9.17, 15) is 9.59 Å². The minimum atomic E-state index is -0.223. The van der Waals surface area contributed by atoms with Crippen molar-refractivity contribution in [2.75, 3.05) is 26.0 Å². The van der Waals surface area contributed by atoms with Crippen LogP contribution in [0, 0.1) is 0 Å². The van der Waals surface area contributed by atoms with Gasteiger partial charge < -0.3 is 19.4 Å². The second kappa shape index (κ2) is 7.36. The number of fused-ring (bicyclic) bond motifs is 1. The Kier molecular flexibility index (Phi) is 5.00. The second-order valence-corrected chi connectivity index (χ2v) is 6.30. The molecule has 6 nitrogen and oxygen atoms in total. The van der Waals surface area contributed by atoms with Crippen LogP contribution in [0.4, 0.5) is 5.69 Å². The van der Waals surface area contributed by atoms with Crippen LogP contribution in [0.15, 0.2) is 59.7 Å². The minimum Gasteiger partial charge on any atom is -0.346 e. The van der Waals surface area contributed by atoms with Gasteiger partial charge in [-0.25, -0.2) is 0 Å². The van der Waals surface area contributed by atoms with Crippen LogP contribution in [-0.4, -0.2) is 40.6 Å². The lowest BCUT2D eigenvalue weighted by Crippen LogP contribution is -2.26. The van der Waals surface area contributed by atoms with Gasteiger partial charge in [-0.1, -0.05) is 12.1 Å². The summed E-state index contributed by atoms with van der Waals surface area (Å²) in [6.45, 7) is 1.82. The Labute approximate surface area is 146 Å². The zero-order valence-electron chi connectivity index (χ0n) is 14.5. The number of anilines is 1. The molecule has 0 aliphatic heterocycles. The first kappa shape index (κ1) is 17.0. The lowest BCUT2D eigenvalue weighted by molar-refractivity contribution is -0.116. The smallest absolute Gasteiger partial charge is 0.250 e. The first-order chi connectivity index (χ1) is 12.0. The molecule has 1 N–H and O–H groups in total. The topological polar surface area (TPSA) is 59.3 Å². The summed E-state index contributed by atoms with van der Waals surface area (Å²) in [5.74, 6) is -0.223. The molecule has 3 aromatic rings. The van der Waals surface area contributed by atoms with Crippen LogP contribution >= 0.6 is 0 Å². The Morgan fingerprint density at radius 1 is 1.08 bits per heavy atom. The lowest BCUT2D eigenvalue weighted by atomic mass is 10.2. The Balaban J connectivity index is 1.75. The first-order valence-electron chi connectivity index (χ1n) is 8.22. The number of hydrogen-bond donors (Lipinski definition) is 1. The maximum atomic E-state index is 12.2. The third-order valence-corrected chi connectivity index (χ3v) is 4.06. The summed E-state index contributed by atoms with van der Waals surface area (Å²) in [5, 5.41) is 4.00. The monoisotopic (exact) mass is 338 g/mol. The van der Waals surface area contributed by atoms with Crippen LogP contribution in [0.25, 0.3) is 10.9 Å². The molecule has 0 saturated carbocycles. The number of rotatable bonds is 6. The van der Waals surface area contributed by atoms with Crippen LogP contribution in [-0.2, 0) is 17.9 Å². The van der Waals surface area contributed by atoms with Gasteiger partial charge in [0, 0.05) is 37.2 Å². The van der Waals surface area contributed by atoms with Crippen molar-refractivity contribution in [1.82, 2.24) is 14.0 Å². The second-order valence-electron chi connectivity index (χ2n) is 6.30. The number of likely N-dealkylation sites (N-methyl/N-ethyl adjacent to an activating group) is 1. The molecule has 1 amide bonds. The van der Waals surface area contributed by atoms with Gasteiger partial charge in [0.1, 0.15) is 6.54 Å². The predicted molar refractivity (Wildman–Crippen MR) is 99.8 cm³/mol. The average Bonchev–Trinajstić information content (AvgIpc) is 2.97. The fourth-order valence-corrected chi connectivity index (χ4v) is 2.71. The Hall–Kier alpha value is -2.86. The van der Waals surface area contributed by atoms with Crippen LogP contribution < -0.4 is 10.9 Å². The van der Waals surface area contributed by atoms with Gasteiger partial charge in [-0.3, -0.25) is 9.59 Å². The van der Waals surface area contributed by atoms with E-state index in [-0.39, 0.29) is 18.0 Å². The first-order valence-corrected chi connectivity index (χ1v) is 8.22. The Bertz CT molecular complexity index is 940. The van der Waals surface area contributed by atoms with Gasteiger partial charge in [0.15, 0.2) is 0 Å². The van der Waals surface area contributed by atoms with Crippen molar-refractivity contribution in [3.05, 3.63) is 65.2 Å². The molecule has 0 bridgehead atoms. The standard InChI is InChI=1S/C19H22N4O2/c1-21(2)11-12-22-10-8-15-6-7-16(13-17(15)22)20-18(24)14-23-9-4-3-5-19(23)25/h3-10,13H,11-12,14H2,1-2H3,(H,20,24). The maximum absolute atomic E-state index is 12.2. The van der Waals surface area contributed by atoms with E-state index in [0.29, 0.717) is 0 Å². The van der Waals surface area contributed by atoms with E-state index in [0.717, 1.165) is 29.7 Å². The summed E-state index contributed by atoms with van der Waals surface area (Å²) in [7, 11) is 4.09. The average molecular weight is 338 g/mol. The molecular weight excluding hydrogens is 316 g/mol. The summed E-state index contributed by atoms with van der Waals surface area (Å²) < 4.78 is 3.56. The summed E-state index contributed by atoms with van der Waals surface area (Å²) in [4.78, 5) is 26.1. The SMILES string of the molecule is CN(C)CCn1ccc2ccc(NC(=O)Cn3ccccc3=O)cc21. The Morgan fingerprint density at radius 2 is 1.92 bits per heavy atom.